The molecule has 0 atom stereocenters. The Kier molecular flexibility index (Phi) is 4.83. The first-order valence-corrected chi connectivity index (χ1v) is 10.4. The molecule has 1 aromatic heterocycles. The highest BCUT2D eigenvalue weighted by Gasteiger charge is 2.33. The van der Waals surface area contributed by atoms with Crippen LogP contribution in [-0.4, -0.2) is 74.5 Å². The van der Waals surface area contributed by atoms with Crippen LogP contribution in [0, 0.1) is 6.92 Å². The molecule has 8 heteroatoms. The fraction of sp³-hybridized carbons (Fsp3) is 0.500. The van der Waals surface area contributed by atoms with Crippen LogP contribution in [0.25, 0.3) is 10.9 Å². The molecule has 0 aliphatic carbocycles. The molecule has 0 N–H and O–H groups in total. The van der Waals surface area contributed by atoms with Crippen molar-refractivity contribution in [1.29, 1.82) is 0 Å². The molecule has 0 amide bonds. The van der Waals surface area contributed by atoms with Gasteiger partial charge in [-0.25, -0.2) is 0 Å². The Balaban J connectivity index is 1.51. The predicted molar refractivity (Wildman–Crippen MR) is 102 cm³/mol. The van der Waals surface area contributed by atoms with E-state index in [2.05, 4.69) is 28.9 Å². The van der Waals surface area contributed by atoms with Crippen molar-refractivity contribution in [3.05, 3.63) is 36.0 Å². The molecule has 3 heterocycles. The summed E-state index contributed by atoms with van der Waals surface area (Å²) in [5.41, 5.74) is 3.29. The Morgan fingerprint density at radius 2 is 1.65 bits per heavy atom. The standard InChI is InChI=1S/C18H24N4O3S/c1-15-2-3-17-16(14-15)18(4-5-19-17)20-6-8-21(9-7-20)26(23,24)22-10-12-25-13-11-22/h2-5,14H,6-13H2,1H3. The maximum Gasteiger partial charge on any atom is 0.282 e. The first kappa shape index (κ1) is 17.7. The summed E-state index contributed by atoms with van der Waals surface area (Å²) in [5, 5.41) is 1.12. The van der Waals surface area contributed by atoms with Crippen LogP contribution in [0.3, 0.4) is 0 Å². The lowest BCUT2D eigenvalue weighted by Crippen LogP contribution is -2.55. The van der Waals surface area contributed by atoms with Crippen LogP contribution in [-0.2, 0) is 14.9 Å². The van der Waals surface area contributed by atoms with Gasteiger partial charge in [0.15, 0.2) is 0 Å². The number of morpholine rings is 1. The molecule has 0 radical (unpaired) electrons. The monoisotopic (exact) mass is 376 g/mol. The summed E-state index contributed by atoms with van der Waals surface area (Å²) in [4.78, 5) is 6.70. The minimum absolute atomic E-state index is 0.441. The number of hydrogen-bond donors (Lipinski definition) is 0. The van der Waals surface area contributed by atoms with E-state index in [1.165, 1.54) is 9.87 Å². The van der Waals surface area contributed by atoms with Crippen LogP contribution < -0.4 is 4.90 Å². The molecule has 0 saturated carbocycles. The van der Waals surface area contributed by atoms with Crippen LogP contribution in [0.2, 0.25) is 0 Å². The van der Waals surface area contributed by atoms with E-state index < -0.39 is 10.2 Å². The SMILES string of the molecule is Cc1ccc2nccc(N3CCN(S(=O)(=O)N4CCOCC4)CC3)c2c1. The molecule has 1 aromatic carbocycles. The fourth-order valence-electron chi connectivity index (χ4n) is 3.62. The zero-order chi connectivity index (χ0) is 18.1. The summed E-state index contributed by atoms with van der Waals surface area (Å²) in [6, 6.07) is 8.27. The van der Waals surface area contributed by atoms with Gasteiger partial charge in [-0.3, -0.25) is 4.98 Å². The zero-order valence-corrected chi connectivity index (χ0v) is 15.8. The van der Waals surface area contributed by atoms with E-state index in [0.29, 0.717) is 52.5 Å². The molecule has 2 aliphatic rings. The molecule has 2 fully saturated rings. The minimum atomic E-state index is -3.39. The molecule has 0 unspecified atom stereocenters. The summed E-state index contributed by atoms with van der Waals surface area (Å²) in [7, 11) is -3.39. The number of rotatable bonds is 3. The van der Waals surface area contributed by atoms with Crippen molar-refractivity contribution < 1.29 is 13.2 Å². The Morgan fingerprint density at radius 3 is 2.38 bits per heavy atom. The van der Waals surface area contributed by atoms with Crippen molar-refractivity contribution in [2.24, 2.45) is 0 Å². The lowest BCUT2D eigenvalue weighted by molar-refractivity contribution is 0.0700. The molecule has 2 aromatic rings. The maximum atomic E-state index is 12.8. The molecular weight excluding hydrogens is 352 g/mol. The van der Waals surface area contributed by atoms with Gasteiger partial charge in [0.25, 0.3) is 10.2 Å². The number of nitrogens with zero attached hydrogens (tertiary/aromatic N) is 4. The number of hydrogen-bond acceptors (Lipinski definition) is 5. The quantitative estimate of drug-likeness (QED) is 0.806. The van der Waals surface area contributed by atoms with Crippen LogP contribution in [0.15, 0.2) is 30.5 Å². The van der Waals surface area contributed by atoms with Gasteiger partial charge in [-0.1, -0.05) is 11.6 Å². The van der Waals surface area contributed by atoms with Gasteiger partial charge in [0.05, 0.1) is 18.7 Å². The highest BCUT2D eigenvalue weighted by atomic mass is 32.2. The average Bonchev–Trinajstić information content (AvgIpc) is 2.68. The molecule has 140 valence electrons. The van der Waals surface area contributed by atoms with E-state index in [9.17, 15) is 8.42 Å². The van der Waals surface area contributed by atoms with Gasteiger partial charge >= 0.3 is 0 Å². The van der Waals surface area contributed by atoms with Gasteiger partial charge in [0.2, 0.25) is 0 Å². The lowest BCUT2D eigenvalue weighted by Gasteiger charge is -2.38. The lowest BCUT2D eigenvalue weighted by atomic mass is 10.1. The van der Waals surface area contributed by atoms with E-state index in [1.54, 1.807) is 4.31 Å². The van der Waals surface area contributed by atoms with Crippen molar-refractivity contribution in [1.82, 2.24) is 13.6 Å². The number of fused-ring (bicyclic) bond motifs is 1. The Labute approximate surface area is 154 Å². The Hall–Kier alpha value is -1.74. The zero-order valence-electron chi connectivity index (χ0n) is 15.0. The third kappa shape index (κ3) is 3.29. The maximum absolute atomic E-state index is 12.8. The molecule has 4 rings (SSSR count). The van der Waals surface area contributed by atoms with E-state index in [0.717, 1.165) is 16.6 Å². The highest BCUT2D eigenvalue weighted by Crippen LogP contribution is 2.27. The van der Waals surface area contributed by atoms with E-state index in [4.69, 9.17) is 4.74 Å². The van der Waals surface area contributed by atoms with Crippen molar-refractivity contribution in [3.8, 4) is 0 Å². The van der Waals surface area contributed by atoms with E-state index in [-0.39, 0.29) is 0 Å². The van der Waals surface area contributed by atoms with Crippen molar-refractivity contribution in [2.75, 3.05) is 57.4 Å². The van der Waals surface area contributed by atoms with E-state index >= 15 is 0 Å². The molecule has 0 spiro atoms. The van der Waals surface area contributed by atoms with Crippen LogP contribution >= 0.6 is 0 Å². The van der Waals surface area contributed by atoms with Crippen LogP contribution in [0.4, 0.5) is 5.69 Å². The first-order chi connectivity index (χ1) is 12.6. The third-order valence-corrected chi connectivity index (χ3v) is 7.11. The Morgan fingerprint density at radius 1 is 0.962 bits per heavy atom. The first-order valence-electron chi connectivity index (χ1n) is 8.99. The summed E-state index contributed by atoms with van der Waals surface area (Å²) < 4.78 is 34.0. The molecule has 7 nitrogen and oxygen atoms in total. The third-order valence-electron chi connectivity index (χ3n) is 5.08. The smallest absolute Gasteiger partial charge is 0.282 e. The van der Waals surface area contributed by atoms with Gasteiger partial charge in [0.1, 0.15) is 0 Å². The van der Waals surface area contributed by atoms with Gasteiger partial charge in [-0.15, -0.1) is 0 Å². The van der Waals surface area contributed by atoms with Crippen molar-refractivity contribution in [3.63, 3.8) is 0 Å². The van der Waals surface area contributed by atoms with Gasteiger partial charge in [-0.05, 0) is 25.1 Å². The minimum Gasteiger partial charge on any atom is -0.379 e. The van der Waals surface area contributed by atoms with Gasteiger partial charge < -0.3 is 9.64 Å². The topological polar surface area (TPSA) is 66.0 Å². The molecular formula is C18H24N4O3S. The predicted octanol–water partition coefficient (Wildman–Crippen LogP) is 1.24. The Bertz CT molecular complexity index is 888. The summed E-state index contributed by atoms with van der Waals surface area (Å²) in [6.45, 7) is 6.25. The average molecular weight is 376 g/mol. The summed E-state index contributed by atoms with van der Waals surface area (Å²) in [6.07, 6.45) is 1.82. The number of aromatic nitrogens is 1. The second-order valence-corrected chi connectivity index (χ2v) is 8.68. The molecule has 2 saturated heterocycles. The molecule has 2 aliphatic heterocycles. The van der Waals surface area contributed by atoms with Crippen molar-refractivity contribution in [2.45, 2.75) is 6.92 Å². The second-order valence-electron chi connectivity index (χ2n) is 6.76. The number of anilines is 1. The number of benzene rings is 1. The number of pyridine rings is 1. The summed E-state index contributed by atoms with van der Waals surface area (Å²) in [5.74, 6) is 0. The van der Waals surface area contributed by atoms with Gasteiger partial charge in [-0.2, -0.15) is 17.0 Å². The van der Waals surface area contributed by atoms with Crippen LogP contribution in [0.1, 0.15) is 5.56 Å². The normalized spacial score (nSPS) is 20.6. The fourth-order valence-corrected chi connectivity index (χ4v) is 5.18. The number of aryl methyl sites for hydroxylation is 1. The highest BCUT2D eigenvalue weighted by molar-refractivity contribution is 7.86. The number of piperazine rings is 1. The summed E-state index contributed by atoms with van der Waals surface area (Å²) >= 11 is 0. The second kappa shape index (κ2) is 7.11. The van der Waals surface area contributed by atoms with Gasteiger partial charge in [0, 0.05) is 56.5 Å². The molecule has 26 heavy (non-hydrogen) atoms. The molecule has 0 bridgehead atoms. The van der Waals surface area contributed by atoms with Crippen LogP contribution in [0.5, 0.6) is 0 Å². The largest absolute Gasteiger partial charge is 0.379 e. The number of ether oxygens (including phenoxy) is 1. The van der Waals surface area contributed by atoms with Crippen molar-refractivity contribution >= 4 is 26.8 Å². The van der Waals surface area contributed by atoms with E-state index in [1.807, 2.05) is 18.3 Å².